The number of aliphatic imine (C=N–C) groups is 1. The maximum absolute atomic E-state index is 9.42. The molecule has 1 aromatic heterocycles. The number of aryl methyl sites for hydroxylation is 1. The van der Waals surface area contributed by atoms with Crippen molar-refractivity contribution in [1.29, 1.82) is 0 Å². The normalized spacial score (nSPS) is 24.4. The largest absolute Gasteiger partial charge is 0.674 e. The van der Waals surface area contributed by atoms with E-state index in [1.165, 1.54) is 0 Å². The first-order chi connectivity index (χ1) is 10.4. The van der Waals surface area contributed by atoms with Gasteiger partial charge in [0, 0.05) is 25.9 Å². The molecule has 0 saturated carbocycles. The smallest absolute Gasteiger partial charge is 0.365 e. The molecule has 22 heavy (non-hydrogen) atoms. The van der Waals surface area contributed by atoms with E-state index in [0.717, 1.165) is 5.56 Å². The van der Waals surface area contributed by atoms with Crippen LogP contribution in [0.1, 0.15) is 24.5 Å². The lowest BCUT2D eigenvalue weighted by Crippen LogP contribution is -2.44. The summed E-state index contributed by atoms with van der Waals surface area (Å²) >= 11 is 0. The zero-order chi connectivity index (χ0) is 16.3. The number of aliphatic hydroxyl groups excluding tert-OH is 1. The second kappa shape index (κ2) is 7.04. The van der Waals surface area contributed by atoms with Crippen LogP contribution in [0.3, 0.4) is 0 Å². The van der Waals surface area contributed by atoms with Crippen LogP contribution in [-0.2, 0) is 0 Å². The molecule has 0 amide bonds. The summed E-state index contributed by atoms with van der Waals surface area (Å²) in [5, 5.41) is 17.6. The van der Waals surface area contributed by atoms with Gasteiger partial charge in [-0.25, -0.2) is 4.98 Å². The molecule has 0 bridgehead atoms. The predicted octanol–water partition coefficient (Wildman–Crippen LogP) is 0.405. The lowest BCUT2D eigenvalue weighted by molar-refractivity contribution is 0.203. The third-order valence-electron chi connectivity index (χ3n) is 3.86. The summed E-state index contributed by atoms with van der Waals surface area (Å²) in [6.07, 6.45) is 2.00. The Bertz CT molecular complexity index is 547. The summed E-state index contributed by atoms with van der Waals surface area (Å²) in [4.78, 5) is 10.6. The summed E-state index contributed by atoms with van der Waals surface area (Å²) in [5.41, 5.74) is 15.2. The standard InChI is InChI=1S/C15H24N5O2/c1-9-5-12(15(22)19-10(2)16)14(18-6-9)20-4-3-13(17)11(7-20)8-21/h5-6,10-11,13,17,21H,3-4,7-8,16H2,1-2H3,(H,19,22)/q-1/p+1. The Morgan fingerprint density at radius 2 is 2.41 bits per heavy atom. The molecule has 0 radical (unpaired) electrons. The van der Waals surface area contributed by atoms with Crippen LogP contribution in [0.25, 0.3) is 5.73 Å². The molecule has 1 saturated heterocycles. The Balaban J connectivity index is 2.35. The Kier molecular flexibility index (Phi) is 5.33. The second-order valence-electron chi connectivity index (χ2n) is 5.89. The third kappa shape index (κ3) is 3.73. The van der Waals surface area contributed by atoms with Crippen molar-refractivity contribution < 1.29 is 10.2 Å². The van der Waals surface area contributed by atoms with Gasteiger partial charge in [-0.05, 0) is 31.4 Å². The van der Waals surface area contributed by atoms with Gasteiger partial charge in [-0.3, -0.25) is 0 Å². The van der Waals surface area contributed by atoms with E-state index in [4.69, 9.17) is 16.6 Å². The topological polar surface area (TPSA) is 121 Å². The minimum Gasteiger partial charge on any atom is -0.674 e. The van der Waals surface area contributed by atoms with Gasteiger partial charge in [0.15, 0.2) is 0 Å². The lowest BCUT2D eigenvalue weighted by Gasteiger charge is -2.41. The average molecular weight is 307 g/mol. The van der Waals surface area contributed by atoms with Crippen molar-refractivity contribution in [1.82, 2.24) is 4.98 Å². The fourth-order valence-corrected chi connectivity index (χ4v) is 2.67. The van der Waals surface area contributed by atoms with Crippen LogP contribution in [0.5, 0.6) is 0 Å². The van der Waals surface area contributed by atoms with E-state index < -0.39 is 6.17 Å². The van der Waals surface area contributed by atoms with Crippen molar-refractivity contribution in [3.05, 3.63) is 29.1 Å². The van der Waals surface area contributed by atoms with E-state index in [-0.39, 0.29) is 24.5 Å². The van der Waals surface area contributed by atoms with E-state index >= 15 is 0 Å². The summed E-state index contributed by atoms with van der Waals surface area (Å²) in [6, 6.07) is 1.64. The minimum atomic E-state index is -0.440. The van der Waals surface area contributed by atoms with Crippen LogP contribution in [0.4, 0.5) is 5.82 Å². The van der Waals surface area contributed by atoms with Crippen molar-refractivity contribution in [2.45, 2.75) is 32.5 Å². The molecular formula is C15H25N5O2. The number of nitrogens with two attached hydrogens (primary N) is 1. The summed E-state index contributed by atoms with van der Waals surface area (Å²) in [6.45, 7) is 4.91. The van der Waals surface area contributed by atoms with Crippen molar-refractivity contribution in [2.24, 2.45) is 16.6 Å². The maximum Gasteiger partial charge on any atom is 0.365 e. The van der Waals surface area contributed by atoms with Crippen LogP contribution < -0.4 is 10.6 Å². The van der Waals surface area contributed by atoms with Crippen LogP contribution in [0, 0.1) is 12.8 Å². The van der Waals surface area contributed by atoms with E-state index in [1.807, 2.05) is 17.9 Å². The first-order valence-electron chi connectivity index (χ1n) is 7.51. The molecule has 6 N–H and O–H groups in total. The summed E-state index contributed by atoms with van der Waals surface area (Å²) in [5.74, 6) is 0.712. The van der Waals surface area contributed by atoms with E-state index in [9.17, 15) is 5.11 Å². The molecule has 3 unspecified atom stereocenters. The molecule has 7 heteroatoms. The number of aliphatic hydroxyl groups is 1. The van der Waals surface area contributed by atoms with Gasteiger partial charge in [-0.1, -0.05) is 6.42 Å². The van der Waals surface area contributed by atoms with Crippen LogP contribution >= 0.6 is 0 Å². The molecule has 1 aromatic rings. The number of rotatable bonds is 4. The highest BCUT2D eigenvalue weighted by Crippen LogP contribution is 2.26. The average Bonchev–Trinajstić information content (AvgIpc) is 2.47. The molecule has 0 spiro atoms. The van der Waals surface area contributed by atoms with E-state index in [1.54, 1.807) is 13.1 Å². The van der Waals surface area contributed by atoms with Gasteiger partial charge in [-0.2, -0.15) is 4.99 Å². The lowest BCUT2D eigenvalue weighted by atomic mass is 9.93. The number of nitrogens with one attached hydrogen (secondary N) is 1. The highest BCUT2D eigenvalue weighted by atomic mass is 16.3. The molecule has 0 aromatic carbocycles. The zero-order valence-corrected chi connectivity index (χ0v) is 13.1. The SMILES string of the molecule is Cc1cnc(N2CCC([NH-])C(CO)C2)c(C([OH2+])=NC(C)N)c1. The maximum atomic E-state index is 9.42. The van der Waals surface area contributed by atoms with Gasteiger partial charge in [0.05, 0.1) is 0 Å². The number of hydrogen-bond donors (Lipinski definition) is 2. The van der Waals surface area contributed by atoms with Gasteiger partial charge in [-0.15, -0.1) is 6.04 Å². The van der Waals surface area contributed by atoms with E-state index in [2.05, 4.69) is 9.98 Å². The highest BCUT2D eigenvalue weighted by molar-refractivity contribution is 5.97. The molecule has 7 nitrogen and oxygen atoms in total. The summed E-state index contributed by atoms with van der Waals surface area (Å²) in [7, 11) is 0. The molecule has 2 rings (SSSR count). The van der Waals surface area contributed by atoms with Crippen molar-refractivity contribution >= 4 is 11.7 Å². The first-order valence-corrected chi connectivity index (χ1v) is 7.51. The number of piperidine rings is 1. The number of nitrogens with zero attached hydrogens (tertiary/aromatic N) is 3. The van der Waals surface area contributed by atoms with Crippen LogP contribution in [0.2, 0.25) is 0 Å². The predicted molar refractivity (Wildman–Crippen MR) is 88.3 cm³/mol. The fourth-order valence-electron chi connectivity index (χ4n) is 2.67. The number of aromatic nitrogens is 1. The molecular weight excluding hydrogens is 282 g/mol. The molecule has 2 heterocycles. The second-order valence-corrected chi connectivity index (χ2v) is 5.89. The van der Waals surface area contributed by atoms with Crippen LogP contribution in [0.15, 0.2) is 17.3 Å². The minimum absolute atomic E-state index is 0.00643. The monoisotopic (exact) mass is 307 g/mol. The Morgan fingerprint density at radius 3 is 3.05 bits per heavy atom. The Morgan fingerprint density at radius 1 is 1.68 bits per heavy atom. The molecule has 3 atom stereocenters. The molecule has 0 aliphatic carbocycles. The van der Waals surface area contributed by atoms with Crippen LogP contribution in [-0.4, -0.2) is 53.0 Å². The Hall–Kier alpha value is -1.70. The third-order valence-corrected chi connectivity index (χ3v) is 3.86. The number of anilines is 1. The van der Waals surface area contributed by atoms with E-state index in [0.29, 0.717) is 30.9 Å². The van der Waals surface area contributed by atoms with Crippen molar-refractivity contribution in [3.63, 3.8) is 0 Å². The highest BCUT2D eigenvalue weighted by Gasteiger charge is 2.27. The quantitative estimate of drug-likeness (QED) is 0.475. The van der Waals surface area contributed by atoms with Crippen molar-refractivity contribution in [2.75, 3.05) is 24.6 Å². The van der Waals surface area contributed by atoms with Gasteiger partial charge >= 0.3 is 5.90 Å². The van der Waals surface area contributed by atoms with Crippen molar-refractivity contribution in [3.8, 4) is 0 Å². The molecule has 1 aliphatic heterocycles. The van der Waals surface area contributed by atoms with Gasteiger partial charge in [0.25, 0.3) is 0 Å². The molecule has 1 fully saturated rings. The summed E-state index contributed by atoms with van der Waals surface area (Å²) < 4.78 is 0. The first kappa shape index (κ1) is 16.7. The van der Waals surface area contributed by atoms with Gasteiger partial charge in [0.2, 0.25) is 0 Å². The fraction of sp³-hybridized carbons (Fsp3) is 0.600. The molecule has 122 valence electrons. The Labute approximate surface area is 130 Å². The number of hydrogen-bond acceptors (Lipinski definition) is 5. The van der Waals surface area contributed by atoms with Gasteiger partial charge < -0.3 is 26.6 Å². The van der Waals surface area contributed by atoms with Gasteiger partial charge in [0.1, 0.15) is 17.5 Å². The number of pyridine rings is 1. The molecule has 1 aliphatic rings. The zero-order valence-electron chi connectivity index (χ0n) is 13.1.